The van der Waals surface area contributed by atoms with E-state index >= 15 is 0 Å². The summed E-state index contributed by atoms with van der Waals surface area (Å²) in [5.74, 6) is 1.48. The molecule has 0 saturated carbocycles. The molecule has 0 bridgehead atoms. The molecule has 1 N–H and O–H groups in total. The Labute approximate surface area is 197 Å². The van der Waals surface area contributed by atoms with Crippen LogP contribution in [0.5, 0.6) is 5.75 Å². The SMILES string of the molecule is COc1cc(N2CCCN(C(=O)NCc3ccc(Cl)c(F)c3)CC2)ccc1-c1cnc(C)o1. The number of carbonyl (C=O) groups excluding carboxylic acids is 1. The Hall–Kier alpha value is -3.26. The predicted molar refractivity (Wildman–Crippen MR) is 125 cm³/mol. The van der Waals surface area contributed by atoms with Crippen LogP contribution in [0.2, 0.25) is 5.02 Å². The molecule has 3 aromatic rings. The second-order valence-electron chi connectivity index (χ2n) is 7.86. The van der Waals surface area contributed by atoms with E-state index in [9.17, 15) is 9.18 Å². The maximum atomic E-state index is 13.6. The van der Waals surface area contributed by atoms with Gasteiger partial charge in [0.1, 0.15) is 11.6 Å². The molecule has 174 valence electrons. The minimum absolute atomic E-state index is 0.0679. The van der Waals surface area contributed by atoms with Crippen molar-refractivity contribution in [1.29, 1.82) is 0 Å². The number of aromatic nitrogens is 1. The summed E-state index contributed by atoms with van der Waals surface area (Å²) in [4.78, 5) is 20.8. The molecular weight excluding hydrogens is 447 g/mol. The van der Waals surface area contributed by atoms with Crippen LogP contribution >= 0.6 is 11.6 Å². The second kappa shape index (κ2) is 10.1. The summed E-state index contributed by atoms with van der Waals surface area (Å²) in [6.07, 6.45) is 2.52. The Kier molecular flexibility index (Phi) is 7.03. The third-order valence-corrected chi connectivity index (χ3v) is 5.95. The van der Waals surface area contributed by atoms with Crippen molar-refractivity contribution < 1.29 is 18.3 Å². The maximum Gasteiger partial charge on any atom is 0.317 e. The lowest BCUT2D eigenvalue weighted by Crippen LogP contribution is -2.41. The van der Waals surface area contributed by atoms with E-state index in [1.165, 1.54) is 12.1 Å². The summed E-state index contributed by atoms with van der Waals surface area (Å²) in [5.41, 5.74) is 2.53. The van der Waals surface area contributed by atoms with Crippen molar-refractivity contribution in [3.05, 3.63) is 64.9 Å². The van der Waals surface area contributed by atoms with Crippen molar-refractivity contribution >= 4 is 23.3 Å². The molecule has 1 aliphatic heterocycles. The first-order chi connectivity index (χ1) is 15.9. The monoisotopic (exact) mass is 472 g/mol. The van der Waals surface area contributed by atoms with Gasteiger partial charge in [-0.15, -0.1) is 0 Å². The standard InChI is InChI=1S/C24H26ClFN4O3/c1-16-27-15-23(33-16)19-6-5-18(13-22(19)32-2)29-8-3-9-30(11-10-29)24(31)28-14-17-4-7-20(25)21(26)12-17/h4-7,12-13,15H,3,8-11,14H2,1-2H3,(H,28,31). The van der Waals surface area contributed by atoms with E-state index in [1.54, 1.807) is 31.2 Å². The number of nitrogens with zero attached hydrogens (tertiary/aromatic N) is 3. The lowest BCUT2D eigenvalue weighted by molar-refractivity contribution is 0.201. The quantitative estimate of drug-likeness (QED) is 0.573. The smallest absolute Gasteiger partial charge is 0.317 e. The number of rotatable bonds is 5. The maximum absolute atomic E-state index is 13.6. The third kappa shape index (κ3) is 5.39. The third-order valence-electron chi connectivity index (χ3n) is 5.65. The highest BCUT2D eigenvalue weighted by Crippen LogP contribution is 2.34. The van der Waals surface area contributed by atoms with Crippen molar-refractivity contribution in [2.45, 2.75) is 19.9 Å². The number of ether oxygens (including phenoxy) is 1. The van der Waals surface area contributed by atoms with Gasteiger partial charge in [0.15, 0.2) is 11.7 Å². The normalized spacial score (nSPS) is 14.2. The zero-order valence-corrected chi connectivity index (χ0v) is 19.4. The van der Waals surface area contributed by atoms with E-state index < -0.39 is 5.82 Å². The van der Waals surface area contributed by atoms with Crippen molar-refractivity contribution in [2.24, 2.45) is 0 Å². The molecule has 1 saturated heterocycles. The van der Waals surface area contributed by atoms with Gasteiger partial charge in [0.2, 0.25) is 0 Å². The van der Waals surface area contributed by atoms with Crippen LogP contribution in [0.25, 0.3) is 11.3 Å². The largest absolute Gasteiger partial charge is 0.496 e. The number of amides is 2. The van der Waals surface area contributed by atoms with E-state index in [-0.39, 0.29) is 17.6 Å². The van der Waals surface area contributed by atoms with Gasteiger partial charge in [0, 0.05) is 51.4 Å². The second-order valence-corrected chi connectivity index (χ2v) is 8.27. The van der Waals surface area contributed by atoms with E-state index in [4.69, 9.17) is 20.8 Å². The summed E-state index contributed by atoms with van der Waals surface area (Å²) in [6.45, 7) is 4.77. The Balaban J connectivity index is 1.38. The summed E-state index contributed by atoms with van der Waals surface area (Å²) in [6, 6.07) is 10.3. The molecule has 4 rings (SSSR count). The summed E-state index contributed by atoms with van der Waals surface area (Å²) in [7, 11) is 1.63. The van der Waals surface area contributed by atoms with Crippen molar-refractivity contribution in [3.63, 3.8) is 0 Å². The molecule has 9 heteroatoms. The fraction of sp³-hybridized carbons (Fsp3) is 0.333. The van der Waals surface area contributed by atoms with Crippen molar-refractivity contribution in [3.8, 4) is 17.1 Å². The molecule has 2 amide bonds. The Morgan fingerprint density at radius 2 is 2.06 bits per heavy atom. The topological polar surface area (TPSA) is 70.8 Å². The average molecular weight is 473 g/mol. The van der Waals surface area contributed by atoms with Crippen LogP contribution in [-0.4, -0.2) is 49.2 Å². The van der Waals surface area contributed by atoms with Crippen LogP contribution in [0.4, 0.5) is 14.9 Å². The predicted octanol–water partition coefficient (Wildman–Crippen LogP) is 4.87. The van der Waals surface area contributed by atoms with Crippen LogP contribution in [0.1, 0.15) is 17.9 Å². The summed E-state index contributed by atoms with van der Waals surface area (Å²) in [5, 5.41) is 2.93. The highest BCUT2D eigenvalue weighted by Gasteiger charge is 2.21. The number of carbonyl (C=O) groups is 1. The van der Waals surface area contributed by atoms with Gasteiger partial charge in [0.25, 0.3) is 0 Å². The van der Waals surface area contributed by atoms with Gasteiger partial charge in [-0.1, -0.05) is 17.7 Å². The summed E-state index contributed by atoms with van der Waals surface area (Å²) < 4.78 is 24.9. The molecule has 1 aromatic heterocycles. The summed E-state index contributed by atoms with van der Waals surface area (Å²) >= 11 is 5.72. The molecule has 0 aliphatic carbocycles. The van der Waals surface area contributed by atoms with Crippen LogP contribution in [0.15, 0.2) is 47.0 Å². The number of benzene rings is 2. The van der Waals surface area contributed by atoms with E-state index in [1.807, 2.05) is 18.2 Å². The fourth-order valence-electron chi connectivity index (χ4n) is 3.88. The molecule has 1 aliphatic rings. The first-order valence-corrected chi connectivity index (χ1v) is 11.1. The van der Waals surface area contributed by atoms with E-state index in [2.05, 4.69) is 15.2 Å². The molecule has 0 radical (unpaired) electrons. The van der Waals surface area contributed by atoms with Crippen LogP contribution in [0.3, 0.4) is 0 Å². The number of urea groups is 1. The Morgan fingerprint density at radius 3 is 2.79 bits per heavy atom. The zero-order valence-electron chi connectivity index (χ0n) is 18.6. The first kappa shape index (κ1) is 22.9. The Bertz CT molecular complexity index is 1140. The number of nitrogens with one attached hydrogen (secondary N) is 1. The van der Waals surface area contributed by atoms with Gasteiger partial charge in [-0.05, 0) is 36.2 Å². The molecular formula is C24H26ClFN4O3. The molecule has 0 unspecified atom stereocenters. The Morgan fingerprint density at radius 1 is 1.21 bits per heavy atom. The molecule has 1 fully saturated rings. The lowest BCUT2D eigenvalue weighted by atomic mass is 10.1. The number of methoxy groups -OCH3 is 1. The zero-order chi connectivity index (χ0) is 23.4. The van der Waals surface area contributed by atoms with Gasteiger partial charge in [-0.3, -0.25) is 0 Å². The number of hydrogen-bond donors (Lipinski definition) is 1. The fourth-order valence-corrected chi connectivity index (χ4v) is 4.00. The molecule has 0 atom stereocenters. The van der Waals surface area contributed by atoms with Gasteiger partial charge >= 0.3 is 6.03 Å². The van der Waals surface area contributed by atoms with Gasteiger partial charge < -0.3 is 24.3 Å². The van der Waals surface area contributed by atoms with Gasteiger partial charge in [0.05, 0.1) is 23.9 Å². The molecule has 2 aromatic carbocycles. The van der Waals surface area contributed by atoms with Crippen LogP contribution in [0, 0.1) is 12.7 Å². The first-order valence-electron chi connectivity index (χ1n) is 10.8. The number of hydrogen-bond acceptors (Lipinski definition) is 5. The van der Waals surface area contributed by atoms with Crippen LogP contribution in [-0.2, 0) is 6.54 Å². The van der Waals surface area contributed by atoms with E-state index in [0.717, 1.165) is 24.2 Å². The molecule has 2 heterocycles. The number of anilines is 1. The number of halogens is 2. The highest BCUT2D eigenvalue weighted by atomic mass is 35.5. The molecule has 7 nitrogen and oxygen atoms in total. The number of oxazole rings is 1. The van der Waals surface area contributed by atoms with Gasteiger partial charge in [-0.2, -0.15) is 0 Å². The highest BCUT2D eigenvalue weighted by molar-refractivity contribution is 6.30. The van der Waals surface area contributed by atoms with Gasteiger partial charge in [-0.25, -0.2) is 14.2 Å². The van der Waals surface area contributed by atoms with Crippen molar-refractivity contribution in [1.82, 2.24) is 15.2 Å². The van der Waals surface area contributed by atoms with Crippen molar-refractivity contribution in [2.75, 3.05) is 38.2 Å². The molecule has 0 spiro atoms. The minimum Gasteiger partial charge on any atom is -0.496 e. The lowest BCUT2D eigenvalue weighted by Gasteiger charge is -2.24. The average Bonchev–Trinajstić information content (AvgIpc) is 3.10. The number of aryl methyl sites for hydroxylation is 1. The molecule has 33 heavy (non-hydrogen) atoms. The van der Waals surface area contributed by atoms with Crippen LogP contribution < -0.4 is 15.0 Å². The minimum atomic E-state index is -0.492. The van der Waals surface area contributed by atoms with E-state index in [0.29, 0.717) is 42.6 Å².